The summed E-state index contributed by atoms with van der Waals surface area (Å²) < 4.78 is 0. The molecule has 0 bridgehead atoms. The second kappa shape index (κ2) is 7.20. The van der Waals surface area contributed by atoms with Crippen LogP contribution in [0.15, 0.2) is 0 Å². The molecule has 0 aliphatic carbocycles. The average molecular weight is 512 g/mol. The van der Waals surface area contributed by atoms with Crippen LogP contribution in [-0.2, 0) is 13.5 Å². The van der Waals surface area contributed by atoms with Gasteiger partial charge in [-0.1, -0.05) is 0 Å². The fourth-order valence-electron chi connectivity index (χ4n) is 1.69. The summed E-state index contributed by atoms with van der Waals surface area (Å²) in [7, 11) is 0. The maximum absolute atomic E-state index is 3.20. The molecule has 0 N–H and O–H groups in total. The van der Waals surface area contributed by atoms with E-state index >= 15 is 0 Å². The Hall–Kier alpha value is 0.816. The van der Waals surface area contributed by atoms with Crippen molar-refractivity contribution in [2.24, 2.45) is 0 Å². The fourth-order valence-corrected chi connectivity index (χ4v) is 1.69. The van der Waals surface area contributed by atoms with Crippen LogP contribution >= 0.6 is 27.1 Å². The molecule has 88 valence electrons. The molecule has 0 heterocycles. The second-order valence-electron chi connectivity index (χ2n) is 3.80. The minimum absolute atomic E-state index is 0.0417. The number of halogens is 2. The van der Waals surface area contributed by atoms with Gasteiger partial charge in [-0.3, -0.25) is 0 Å². The Kier molecular flexibility index (Phi) is 7.59. The number of benzene rings is 1. The first kappa shape index (κ1) is 15.8. The van der Waals surface area contributed by atoms with Crippen molar-refractivity contribution in [2.45, 2.75) is 41.5 Å². The third kappa shape index (κ3) is 3.95. The predicted octanol–water partition coefficient (Wildman–Crippen LogP) is 5.23. The van der Waals surface area contributed by atoms with Gasteiger partial charge in [-0.25, -0.2) is 0 Å². The molecule has 0 aliphatic heterocycles. The Morgan fingerprint density at radius 1 is 0.533 bits per heavy atom. The first-order valence-electron chi connectivity index (χ1n) is 4.77. The van der Waals surface area contributed by atoms with Crippen LogP contribution in [0.3, 0.4) is 0 Å². The SMILES string of the molecule is Cc1c(C)c(C)c(C)c(C)c1C.[Br][Os][Br]. The first-order valence-corrected chi connectivity index (χ1v) is 15.9. The molecule has 0 aliphatic rings. The molecule has 0 radical (unpaired) electrons. The summed E-state index contributed by atoms with van der Waals surface area (Å²) in [6.45, 7) is 13.3. The summed E-state index contributed by atoms with van der Waals surface area (Å²) in [5.74, 6) is 0. The van der Waals surface area contributed by atoms with Crippen molar-refractivity contribution in [3.05, 3.63) is 33.4 Å². The van der Waals surface area contributed by atoms with Gasteiger partial charge in [-0.15, -0.1) is 0 Å². The topological polar surface area (TPSA) is 0 Å². The van der Waals surface area contributed by atoms with E-state index in [0.29, 0.717) is 0 Å². The van der Waals surface area contributed by atoms with E-state index in [1.165, 1.54) is 33.4 Å². The van der Waals surface area contributed by atoms with Crippen LogP contribution < -0.4 is 0 Å². The van der Waals surface area contributed by atoms with Crippen molar-refractivity contribution in [1.29, 1.82) is 0 Å². The summed E-state index contributed by atoms with van der Waals surface area (Å²) in [5, 5.41) is 0. The Balaban J connectivity index is 0.000000583. The summed E-state index contributed by atoms with van der Waals surface area (Å²) in [6, 6.07) is 0. The van der Waals surface area contributed by atoms with Gasteiger partial charge in [0, 0.05) is 0 Å². The third-order valence-corrected chi connectivity index (χ3v) is 3.38. The summed E-state index contributed by atoms with van der Waals surface area (Å²) >= 11 is 6.44. The fraction of sp³-hybridized carbons (Fsp3) is 0.500. The van der Waals surface area contributed by atoms with E-state index in [2.05, 4.69) is 68.7 Å². The molecule has 0 aromatic heterocycles. The molecule has 0 saturated carbocycles. The van der Waals surface area contributed by atoms with Crippen LogP contribution in [0.2, 0.25) is 0 Å². The van der Waals surface area contributed by atoms with Gasteiger partial charge in [0.05, 0.1) is 0 Å². The van der Waals surface area contributed by atoms with E-state index in [0.717, 1.165) is 0 Å². The molecular weight excluding hydrogens is 494 g/mol. The maximum atomic E-state index is 3.20. The molecule has 1 aromatic carbocycles. The van der Waals surface area contributed by atoms with Crippen molar-refractivity contribution in [1.82, 2.24) is 0 Å². The van der Waals surface area contributed by atoms with Crippen LogP contribution in [0.4, 0.5) is 0 Å². The van der Waals surface area contributed by atoms with Crippen molar-refractivity contribution in [2.75, 3.05) is 0 Å². The van der Waals surface area contributed by atoms with E-state index < -0.39 is 0 Å². The van der Waals surface area contributed by atoms with Crippen LogP contribution in [0.5, 0.6) is 0 Å². The van der Waals surface area contributed by atoms with Gasteiger partial charge in [-0.05, 0) is 74.9 Å². The van der Waals surface area contributed by atoms with Crippen molar-refractivity contribution < 1.29 is 13.5 Å². The van der Waals surface area contributed by atoms with Gasteiger partial charge in [0.25, 0.3) is 0 Å². The van der Waals surface area contributed by atoms with Crippen LogP contribution in [0.1, 0.15) is 33.4 Å². The minimum atomic E-state index is 0.0417. The van der Waals surface area contributed by atoms with Crippen LogP contribution in [0, 0.1) is 41.5 Å². The monoisotopic (exact) mass is 512 g/mol. The molecule has 15 heavy (non-hydrogen) atoms. The van der Waals surface area contributed by atoms with Crippen molar-refractivity contribution in [3.8, 4) is 0 Å². The Morgan fingerprint density at radius 3 is 0.667 bits per heavy atom. The van der Waals surface area contributed by atoms with Crippen molar-refractivity contribution in [3.63, 3.8) is 0 Å². The van der Waals surface area contributed by atoms with E-state index in [1.54, 1.807) is 0 Å². The van der Waals surface area contributed by atoms with Gasteiger partial charge < -0.3 is 0 Å². The molecule has 0 unspecified atom stereocenters. The van der Waals surface area contributed by atoms with Gasteiger partial charge in [0.15, 0.2) is 0 Å². The van der Waals surface area contributed by atoms with E-state index in [1.807, 2.05) is 0 Å². The molecule has 3 heteroatoms. The van der Waals surface area contributed by atoms with Crippen LogP contribution in [-0.4, -0.2) is 0 Å². The van der Waals surface area contributed by atoms with E-state index in [9.17, 15) is 0 Å². The average Bonchev–Trinajstić information content (AvgIpc) is 2.22. The van der Waals surface area contributed by atoms with E-state index in [4.69, 9.17) is 0 Å². The molecule has 1 aromatic rings. The van der Waals surface area contributed by atoms with Gasteiger partial charge in [0.2, 0.25) is 0 Å². The zero-order valence-corrected chi connectivity index (χ0v) is 15.8. The van der Waals surface area contributed by atoms with Gasteiger partial charge in [-0.2, -0.15) is 0 Å². The molecule has 0 fully saturated rings. The zero-order chi connectivity index (χ0) is 12.2. The molecule has 1 rings (SSSR count). The molecule has 0 saturated heterocycles. The predicted molar refractivity (Wildman–Crippen MR) is 72.7 cm³/mol. The standard InChI is InChI=1S/C12H18.2BrH.Os/c1-7-8(2)10(4)12(6)11(5)9(7)3;;;/h1-6H3;2*1H;/q;;;+2/p-2. The zero-order valence-electron chi connectivity index (χ0n) is 10.1. The quantitative estimate of drug-likeness (QED) is 0.447. The van der Waals surface area contributed by atoms with E-state index in [-0.39, 0.29) is 13.5 Å². The first-order chi connectivity index (χ1) is 6.88. The Morgan fingerprint density at radius 2 is 0.600 bits per heavy atom. The summed E-state index contributed by atoms with van der Waals surface area (Å²) in [6.07, 6.45) is 0. The van der Waals surface area contributed by atoms with Crippen LogP contribution in [0.25, 0.3) is 0 Å². The third-order valence-electron chi connectivity index (χ3n) is 3.38. The number of rotatable bonds is 0. The molecule has 0 amide bonds. The number of hydrogen-bond acceptors (Lipinski definition) is 0. The summed E-state index contributed by atoms with van der Waals surface area (Å²) in [5.41, 5.74) is 8.73. The molecule has 0 nitrogen and oxygen atoms in total. The number of hydrogen-bond donors (Lipinski definition) is 0. The Bertz CT molecular complexity index is 241. The Labute approximate surface area is 115 Å². The molecule has 0 spiro atoms. The van der Waals surface area contributed by atoms with Gasteiger partial charge >= 0.3 is 40.6 Å². The van der Waals surface area contributed by atoms with Gasteiger partial charge in [0.1, 0.15) is 0 Å². The normalized spacial score (nSPS) is 9.87. The molecule has 0 atom stereocenters. The van der Waals surface area contributed by atoms with Crippen molar-refractivity contribution >= 4 is 27.1 Å². The summed E-state index contributed by atoms with van der Waals surface area (Å²) in [4.78, 5) is 0. The molecular formula is C12H18Br2Os. The second-order valence-corrected chi connectivity index (χ2v) is 14.9.